The zero-order valence-electron chi connectivity index (χ0n) is 12.3. The molecule has 1 rings (SSSR count). The first-order valence-electron chi connectivity index (χ1n) is 6.68. The van der Waals surface area contributed by atoms with Gasteiger partial charge in [0.2, 0.25) is 0 Å². The van der Waals surface area contributed by atoms with Gasteiger partial charge in [-0.2, -0.15) is 0 Å². The third-order valence-corrected chi connectivity index (χ3v) is 3.15. The minimum Gasteiger partial charge on any atom is -0.409 e. The van der Waals surface area contributed by atoms with Gasteiger partial charge in [0, 0.05) is 19.3 Å². The van der Waals surface area contributed by atoms with Crippen LogP contribution in [-0.2, 0) is 0 Å². The van der Waals surface area contributed by atoms with Gasteiger partial charge in [-0.25, -0.2) is 4.98 Å². The molecule has 0 fully saturated rings. The van der Waals surface area contributed by atoms with Crippen LogP contribution in [0.5, 0.6) is 0 Å². The number of anilines is 1. The minimum absolute atomic E-state index is 0.113. The molecule has 0 atom stereocenters. The summed E-state index contributed by atoms with van der Waals surface area (Å²) in [5.41, 5.74) is 8.39. The molecule has 0 bridgehead atoms. The van der Waals surface area contributed by atoms with Gasteiger partial charge in [0.25, 0.3) is 0 Å². The Morgan fingerprint density at radius 1 is 1.42 bits per heavy atom. The predicted molar refractivity (Wildman–Crippen MR) is 79.0 cm³/mol. The van der Waals surface area contributed by atoms with E-state index in [1.807, 2.05) is 27.0 Å². The van der Waals surface area contributed by atoms with Crippen LogP contribution in [0.3, 0.4) is 0 Å². The van der Waals surface area contributed by atoms with Gasteiger partial charge in [0.1, 0.15) is 5.82 Å². The molecule has 1 heterocycles. The summed E-state index contributed by atoms with van der Waals surface area (Å²) >= 11 is 0. The van der Waals surface area contributed by atoms with E-state index in [4.69, 9.17) is 10.9 Å². The van der Waals surface area contributed by atoms with Crippen molar-refractivity contribution in [3.05, 3.63) is 22.9 Å². The normalized spacial score (nSPS) is 11.7. The number of unbranched alkanes of at least 4 members (excludes halogenated alkanes) is 2. The first-order valence-corrected chi connectivity index (χ1v) is 6.68. The second-order valence-corrected chi connectivity index (χ2v) is 4.89. The van der Waals surface area contributed by atoms with Crippen LogP contribution in [0.25, 0.3) is 0 Å². The first-order chi connectivity index (χ1) is 9.01. The highest BCUT2D eigenvalue weighted by atomic mass is 16.4. The Morgan fingerprint density at radius 2 is 2.11 bits per heavy atom. The first kappa shape index (κ1) is 15.3. The molecule has 0 aliphatic rings. The molecule has 5 heteroatoms. The maximum Gasteiger partial charge on any atom is 0.174 e. The molecule has 0 radical (unpaired) electrons. The summed E-state index contributed by atoms with van der Waals surface area (Å²) < 4.78 is 0. The van der Waals surface area contributed by atoms with E-state index in [9.17, 15) is 0 Å². The summed E-state index contributed by atoms with van der Waals surface area (Å²) in [5, 5.41) is 12.0. The van der Waals surface area contributed by atoms with Gasteiger partial charge in [0.05, 0.1) is 5.56 Å². The highest BCUT2D eigenvalue weighted by Gasteiger charge is 2.16. The molecule has 1 aromatic heterocycles. The quantitative estimate of drug-likeness (QED) is 0.272. The van der Waals surface area contributed by atoms with Gasteiger partial charge in [-0.1, -0.05) is 24.9 Å². The fourth-order valence-electron chi connectivity index (χ4n) is 2.16. The number of aromatic nitrogens is 1. The van der Waals surface area contributed by atoms with Crippen LogP contribution < -0.4 is 10.6 Å². The number of rotatable bonds is 6. The molecule has 0 saturated carbocycles. The lowest BCUT2D eigenvalue weighted by Gasteiger charge is -2.22. The lowest BCUT2D eigenvalue weighted by Crippen LogP contribution is -2.26. The van der Waals surface area contributed by atoms with Gasteiger partial charge in [-0.15, -0.1) is 0 Å². The molecule has 0 amide bonds. The van der Waals surface area contributed by atoms with Crippen molar-refractivity contribution < 1.29 is 5.21 Å². The molecular formula is C14H24N4O. The van der Waals surface area contributed by atoms with Gasteiger partial charge in [0.15, 0.2) is 5.84 Å². The van der Waals surface area contributed by atoms with Crippen LogP contribution in [-0.4, -0.2) is 29.6 Å². The molecule has 106 valence electrons. The number of aryl methyl sites for hydroxylation is 2. The average molecular weight is 264 g/mol. The van der Waals surface area contributed by atoms with Gasteiger partial charge >= 0.3 is 0 Å². The second-order valence-electron chi connectivity index (χ2n) is 4.89. The average Bonchev–Trinajstić information content (AvgIpc) is 2.37. The number of nitrogens with two attached hydrogens (primary N) is 1. The van der Waals surface area contributed by atoms with Crippen molar-refractivity contribution in [3.63, 3.8) is 0 Å². The fraction of sp³-hybridized carbons (Fsp3) is 0.571. The van der Waals surface area contributed by atoms with Crippen molar-refractivity contribution in [1.82, 2.24) is 4.98 Å². The van der Waals surface area contributed by atoms with Crippen LogP contribution in [0.2, 0.25) is 0 Å². The summed E-state index contributed by atoms with van der Waals surface area (Å²) in [6.45, 7) is 6.99. The largest absolute Gasteiger partial charge is 0.409 e. The summed E-state index contributed by atoms with van der Waals surface area (Å²) in [5.74, 6) is 0.895. The zero-order chi connectivity index (χ0) is 14.4. The van der Waals surface area contributed by atoms with Crippen LogP contribution in [0.1, 0.15) is 43.0 Å². The Morgan fingerprint density at radius 3 is 2.68 bits per heavy atom. The SMILES string of the molecule is CCCCCN(C)c1nc(C)cc(C)c1C(N)=NO. The summed E-state index contributed by atoms with van der Waals surface area (Å²) in [4.78, 5) is 6.61. The number of amidine groups is 1. The molecule has 0 aliphatic heterocycles. The van der Waals surface area contributed by atoms with Crippen molar-refractivity contribution >= 4 is 11.7 Å². The molecule has 0 aliphatic carbocycles. The molecule has 3 N–H and O–H groups in total. The summed E-state index contributed by atoms with van der Waals surface area (Å²) in [7, 11) is 1.99. The van der Waals surface area contributed by atoms with E-state index >= 15 is 0 Å². The van der Waals surface area contributed by atoms with E-state index in [-0.39, 0.29) is 5.84 Å². The maximum atomic E-state index is 8.92. The lowest BCUT2D eigenvalue weighted by molar-refractivity contribution is 0.318. The molecule has 5 nitrogen and oxygen atoms in total. The number of pyridine rings is 1. The Hall–Kier alpha value is -1.78. The maximum absolute atomic E-state index is 8.92. The summed E-state index contributed by atoms with van der Waals surface area (Å²) in [6.07, 6.45) is 3.48. The smallest absolute Gasteiger partial charge is 0.174 e. The van der Waals surface area contributed by atoms with Crippen molar-refractivity contribution in [2.24, 2.45) is 10.9 Å². The van der Waals surface area contributed by atoms with Crippen LogP contribution in [0, 0.1) is 13.8 Å². The van der Waals surface area contributed by atoms with Gasteiger partial charge in [-0.05, 0) is 31.9 Å². The van der Waals surface area contributed by atoms with Gasteiger partial charge in [-0.3, -0.25) is 0 Å². The van der Waals surface area contributed by atoms with Crippen LogP contribution >= 0.6 is 0 Å². The summed E-state index contributed by atoms with van der Waals surface area (Å²) in [6, 6.07) is 1.94. The highest BCUT2D eigenvalue weighted by molar-refractivity contribution is 6.02. The van der Waals surface area contributed by atoms with Crippen LogP contribution in [0.4, 0.5) is 5.82 Å². The fourth-order valence-corrected chi connectivity index (χ4v) is 2.16. The Balaban J connectivity index is 3.10. The monoisotopic (exact) mass is 264 g/mol. The van der Waals surface area contributed by atoms with E-state index in [0.717, 1.165) is 30.0 Å². The number of hydrogen-bond acceptors (Lipinski definition) is 4. The van der Waals surface area contributed by atoms with E-state index in [2.05, 4.69) is 22.0 Å². The highest BCUT2D eigenvalue weighted by Crippen LogP contribution is 2.22. The number of nitrogens with zero attached hydrogens (tertiary/aromatic N) is 3. The molecular weight excluding hydrogens is 240 g/mol. The van der Waals surface area contributed by atoms with Crippen molar-refractivity contribution in [2.75, 3.05) is 18.5 Å². The van der Waals surface area contributed by atoms with E-state index < -0.39 is 0 Å². The van der Waals surface area contributed by atoms with Gasteiger partial charge < -0.3 is 15.8 Å². The third-order valence-electron chi connectivity index (χ3n) is 3.15. The molecule has 0 unspecified atom stereocenters. The standard InChI is InChI=1S/C14H24N4O/c1-5-6-7-8-18(4)14-12(13(15)17-19)10(2)9-11(3)16-14/h9,19H,5-8H2,1-4H3,(H2,15,17). The van der Waals surface area contributed by atoms with Crippen molar-refractivity contribution in [2.45, 2.75) is 40.0 Å². The number of hydrogen-bond donors (Lipinski definition) is 2. The number of oxime groups is 1. The van der Waals surface area contributed by atoms with Crippen LogP contribution in [0.15, 0.2) is 11.2 Å². The topological polar surface area (TPSA) is 74.7 Å². The van der Waals surface area contributed by atoms with E-state index in [1.165, 1.54) is 12.8 Å². The molecule has 0 saturated heterocycles. The van der Waals surface area contributed by atoms with Crippen molar-refractivity contribution in [3.8, 4) is 0 Å². The third kappa shape index (κ3) is 3.84. The Bertz CT molecular complexity index is 457. The van der Waals surface area contributed by atoms with E-state index in [0.29, 0.717) is 5.56 Å². The minimum atomic E-state index is 0.113. The second kappa shape index (κ2) is 6.97. The zero-order valence-corrected chi connectivity index (χ0v) is 12.3. The predicted octanol–water partition coefficient (Wildman–Crippen LogP) is 2.42. The van der Waals surface area contributed by atoms with E-state index in [1.54, 1.807) is 0 Å². The molecule has 0 aromatic carbocycles. The molecule has 0 spiro atoms. The lowest BCUT2D eigenvalue weighted by atomic mass is 10.1. The Kier molecular flexibility index (Phi) is 5.60. The molecule has 1 aromatic rings. The Labute approximate surface area is 115 Å². The molecule has 19 heavy (non-hydrogen) atoms. The van der Waals surface area contributed by atoms with Crippen molar-refractivity contribution in [1.29, 1.82) is 0 Å².